The molecule has 0 spiro atoms. The van der Waals surface area contributed by atoms with Gasteiger partial charge in [-0.2, -0.15) is 0 Å². The lowest BCUT2D eigenvalue weighted by atomic mass is 9.86. The van der Waals surface area contributed by atoms with Crippen LogP contribution in [0.25, 0.3) is 0 Å². The van der Waals surface area contributed by atoms with Crippen molar-refractivity contribution < 1.29 is 9.84 Å². The van der Waals surface area contributed by atoms with Crippen molar-refractivity contribution in [2.75, 3.05) is 33.4 Å². The standard InChI is InChI=1S/C13H25NO2/c1-14(9-12-5-4-8-16-12)10-13(11-15)6-2-3-7-13/h12,15H,2-11H2,1H3. The summed E-state index contributed by atoms with van der Waals surface area (Å²) in [5.41, 5.74) is 0.188. The Morgan fingerprint density at radius 3 is 2.62 bits per heavy atom. The van der Waals surface area contributed by atoms with Crippen LogP contribution < -0.4 is 0 Å². The Morgan fingerprint density at radius 2 is 2.06 bits per heavy atom. The van der Waals surface area contributed by atoms with Crippen molar-refractivity contribution in [3.8, 4) is 0 Å². The minimum atomic E-state index is 0.188. The van der Waals surface area contributed by atoms with E-state index in [1.54, 1.807) is 0 Å². The first-order chi connectivity index (χ1) is 7.74. The maximum Gasteiger partial charge on any atom is 0.0702 e. The Kier molecular flexibility index (Phi) is 4.22. The number of aliphatic hydroxyl groups excluding tert-OH is 1. The van der Waals surface area contributed by atoms with Gasteiger partial charge in [-0.15, -0.1) is 0 Å². The van der Waals surface area contributed by atoms with Gasteiger partial charge in [-0.1, -0.05) is 12.8 Å². The van der Waals surface area contributed by atoms with Crippen LogP contribution >= 0.6 is 0 Å². The van der Waals surface area contributed by atoms with Gasteiger partial charge in [0.15, 0.2) is 0 Å². The molecule has 94 valence electrons. The maximum absolute atomic E-state index is 9.57. The average Bonchev–Trinajstić information content (AvgIpc) is 2.90. The van der Waals surface area contributed by atoms with Crippen molar-refractivity contribution in [2.24, 2.45) is 5.41 Å². The van der Waals surface area contributed by atoms with Crippen LogP contribution in [0.3, 0.4) is 0 Å². The van der Waals surface area contributed by atoms with E-state index in [9.17, 15) is 5.11 Å². The zero-order chi connectivity index (χ0) is 11.4. The maximum atomic E-state index is 9.57. The molecule has 2 aliphatic rings. The van der Waals surface area contributed by atoms with Crippen LogP contribution in [-0.4, -0.2) is 49.5 Å². The summed E-state index contributed by atoms with van der Waals surface area (Å²) in [4.78, 5) is 2.36. The number of likely N-dealkylation sites (N-methyl/N-ethyl adjacent to an activating group) is 1. The van der Waals surface area contributed by atoms with Gasteiger partial charge in [0.05, 0.1) is 6.10 Å². The molecule has 2 fully saturated rings. The van der Waals surface area contributed by atoms with Gasteiger partial charge in [-0.05, 0) is 32.7 Å². The molecule has 3 heteroatoms. The highest BCUT2D eigenvalue weighted by molar-refractivity contribution is 4.87. The predicted octanol–water partition coefficient (Wildman–Crippen LogP) is 1.65. The first-order valence-corrected chi connectivity index (χ1v) is 6.65. The summed E-state index contributed by atoms with van der Waals surface area (Å²) in [6.45, 7) is 3.34. The Bertz CT molecular complexity index is 208. The Labute approximate surface area is 98.8 Å². The summed E-state index contributed by atoms with van der Waals surface area (Å²) >= 11 is 0. The van der Waals surface area contributed by atoms with Crippen molar-refractivity contribution in [3.05, 3.63) is 0 Å². The summed E-state index contributed by atoms with van der Waals surface area (Å²) in [5.74, 6) is 0. The zero-order valence-electron chi connectivity index (χ0n) is 10.5. The van der Waals surface area contributed by atoms with Gasteiger partial charge in [0, 0.05) is 31.7 Å². The SMILES string of the molecule is CN(CC1CCCO1)CC1(CO)CCCC1. The third-order valence-corrected chi connectivity index (χ3v) is 4.14. The lowest BCUT2D eigenvalue weighted by Gasteiger charge is -2.32. The molecule has 1 heterocycles. The third kappa shape index (κ3) is 2.96. The van der Waals surface area contributed by atoms with E-state index in [0.717, 1.165) is 19.7 Å². The lowest BCUT2D eigenvalue weighted by Crippen LogP contribution is -2.39. The summed E-state index contributed by atoms with van der Waals surface area (Å²) < 4.78 is 5.65. The summed E-state index contributed by atoms with van der Waals surface area (Å²) in [5, 5.41) is 9.57. The highest BCUT2D eigenvalue weighted by Crippen LogP contribution is 2.38. The van der Waals surface area contributed by atoms with E-state index in [4.69, 9.17) is 4.74 Å². The normalized spacial score (nSPS) is 29.1. The van der Waals surface area contributed by atoms with Crippen LogP contribution in [0, 0.1) is 5.41 Å². The van der Waals surface area contributed by atoms with Crippen LogP contribution in [0.15, 0.2) is 0 Å². The number of rotatable bonds is 5. The second-order valence-corrected chi connectivity index (χ2v) is 5.70. The van der Waals surface area contributed by atoms with Crippen molar-refractivity contribution >= 4 is 0 Å². The van der Waals surface area contributed by atoms with E-state index in [2.05, 4.69) is 11.9 Å². The summed E-state index contributed by atoms with van der Waals surface area (Å²) in [7, 11) is 2.16. The molecule has 16 heavy (non-hydrogen) atoms. The number of aliphatic hydroxyl groups is 1. The van der Waals surface area contributed by atoms with Gasteiger partial charge >= 0.3 is 0 Å². The fourth-order valence-electron chi connectivity index (χ4n) is 3.26. The predicted molar refractivity (Wildman–Crippen MR) is 64.5 cm³/mol. The molecule has 2 rings (SSSR count). The van der Waals surface area contributed by atoms with Crippen LogP contribution in [0.4, 0.5) is 0 Å². The van der Waals surface area contributed by atoms with Gasteiger partial charge in [-0.3, -0.25) is 0 Å². The molecule has 1 unspecified atom stereocenters. The van der Waals surface area contributed by atoms with E-state index in [1.165, 1.54) is 38.5 Å². The minimum absolute atomic E-state index is 0.188. The Hall–Kier alpha value is -0.120. The molecule has 1 atom stereocenters. The number of hydrogen-bond acceptors (Lipinski definition) is 3. The van der Waals surface area contributed by atoms with Gasteiger partial charge in [0.2, 0.25) is 0 Å². The fraction of sp³-hybridized carbons (Fsp3) is 1.00. The van der Waals surface area contributed by atoms with Gasteiger partial charge in [0.1, 0.15) is 0 Å². The first-order valence-electron chi connectivity index (χ1n) is 6.65. The van der Waals surface area contributed by atoms with Crippen LogP contribution in [-0.2, 0) is 4.74 Å². The zero-order valence-corrected chi connectivity index (χ0v) is 10.5. The van der Waals surface area contributed by atoms with Crippen molar-refractivity contribution in [1.29, 1.82) is 0 Å². The quantitative estimate of drug-likeness (QED) is 0.775. The van der Waals surface area contributed by atoms with E-state index in [0.29, 0.717) is 12.7 Å². The second kappa shape index (κ2) is 5.48. The van der Waals surface area contributed by atoms with Crippen LogP contribution in [0.1, 0.15) is 38.5 Å². The van der Waals surface area contributed by atoms with Crippen LogP contribution in [0.2, 0.25) is 0 Å². The summed E-state index contributed by atoms with van der Waals surface area (Å²) in [6.07, 6.45) is 7.81. The molecule has 0 aromatic heterocycles. The molecule has 1 saturated heterocycles. The summed E-state index contributed by atoms with van der Waals surface area (Å²) in [6, 6.07) is 0. The third-order valence-electron chi connectivity index (χ3n) is 4.14. The van der Waals surface area contributed by atoms with Gasteiger partial charge < -0.3 is 14.7 Å². The molecule has 1 aliphatic heterocycles. The largest absolute Gasteiger partial charge is 0.396 e. The monoisotopic (exact) mass is 227 g/mol. The molecule has 3 nitrogen and oxygen atoms in total. The highest BCUT2D eigenvalue weighted by Gasteiger charge is 2.34. The van der Waals surface area contributed by atoms with E-state index >= 15 is 0 Å². The highest BCUT2D eigenvalue weighted by atomic mass is 16.5. The molecular formula is C13H25NO2. The second-order valence-electron chi connectivity index (χ2n) is 5.70. The number of ether oxygens (including phenoxy) is 1. The number of nitrogens with zero attached hydrogens (tertiary/aromatic N) is 1. The minimum Gasteiger partial charge on any atom is -0.396 e. The van der Waals surface area contributed by atoms with Gasteiger partial charge in [0.25, 0.3) is 0 Å². The molecular weight excluding hydrogens is 202 g/mol. The van der Waals surface area contributed by atoms with Gasteiger partial charge in [-0.25, -0.2) is 0 Å². The topological polar surface area (TPSA) is 32.7 Å². The fourth-order valence-corrected chi connectivity index (χ4v) is 3.26. The molecule has 0 amide bonds. The van der Waals surface area contributed by atoms with Crippen molar-refractivity contribution in [1.82, 2.24) is 4.90 Å². The van der Waals surface area contributed by atoms with Crippen LogP contribution in [0.5, 0.6) is 0 Å². The Balaban J connectivity index is 1.78. The Morgan fingerprint density at radius 1 is 1.31 bits per heavy atom. The molecule has 1 N–H and O–H groups in total. The van der Waals surface area contributed by atoms with Crippen molar-refractivity contribution in [2.45, 2.75) is 44.6 Å². The molecule has 0 aromatic rings. The van der Waals surface area contributed by atoms with E-state index in [1.807, 2.05) is 0 Å². The average molecular weight is 227 g/mol. The number of hydrogen-bond donors (Lipinski definition) is 1. The molecule has 1 aliphatic carbocycles. The first kappa shape index (κ1) is 12.3. The molecule has 0 radical (unpaired) electrons. The smallest absolute Gasteiger partial charge is 0.0702 e. The molecule has 1 saturated carbocycles. The van der Waals surface area contributed by atoms with E-state index in [-0.39, 0.29) is 5.41 Å². The molecule has 0 aromatic carbocycles. The van der Waals surface area contributed by atoms with Crippen molar-refractivity contribution in [3.63, 3.8) is 0 Å². The molecule has 0 bridgehead atoms. The van der Waals surface area contributed by atoms with E-state index < -0.39 is 0 Å². The lowest BCUT2D eigenvalue weighted by molar-refractivity contribution is 0.0464.